The predicted molar refractivity (Wildman–Crippen MR) is 72.0 cm³/mol. The summed E-state index contributed by atoms with van der Waals surface area (Å²) in [4.78, 5) is 0. The van der Waals surface area contributed by atoms with Gasteiger partial charge < -0.3 is 0 Å². The Balaban J connectivity index is 0. The van der Waals surface area contributed by atoms with Crippen LogP contribution in [0.3, 0.4) is 0 Å². The normalized spacial score (nSPS) is 11.2. The molecule has 0 aliphatic rings. The Morgan fingerprint density at radius 1 is 0.875 bits per heavy atom. The molecule has 16 heavy (non-hydrogen) atoms. The third-order valence-corrected chi connectivity index (χ3v) is 1.48. The van der Waals surface area contributed by atoms with Gasteiger partial charge >= 0.3 is 0 Å². The topological polar surface area (TPSA) is 0 Å². The molecule has 0 unspecified atom stereocenters. The number of allylic oxidation sites excluding steroid dienone is 6. The Hall–Kier alpha value is -0.410. The molecule has 0 saturated carbocycles. The zero-order valence-corrected chi connectivity index (χ0v) is 12.2. The highest BCUT2D eigenvalue weighted by molar-refractivity contribution is 9.11. The van der Waals surface area contributed by atoms with Crippen molar-refractivity contribution in [3.05, 3.63) is 45.5 Å². The fraction of sp³-hybridized carbons (Fsp3) is 0.333. The molecule has 0 rings (SSSR count). The van der Waals surface area contributed by atoms with Crippen molar-refractivity contribution >= 4 is 27.5 Å². The van der Waals surface area contributed by atoms with Crippen LogP contribution in [0.1, 0.15) is 27.7 Å². The molecular formula is C12H16BrClF2. The lowest BCUT2D eigenvalue weighted by Gasteiger charge is -1.80. The van der Waals surface area contributed by atoms with E-state index in [1.54, 1.807) is 12.2 Å². The Morgan fingerprint density at radius 2 is 1.25 bits per heavy atom. The van der Waals surface area contributed by atoms with E-state index in [-0.39, 0.29) is 4.74 Å². The van der Waals surface area contributed by atoms with Crippen molar-refractivity contribution in [2.24, 2.45) is 0 Å². The first kappa shape index (κ1) is 18.0. The van der Waals surface area contributed by atoms with E-state index in [1.165, 1.54) is 12.2 Å². The minimum atomic E-state index is -0.675. The van der Waals surface area contributed by atoms with Gasteiger partial charge in [0.1, 0.15) is 0 Å². The third-order valence-electron chi connectivity index (χ3n) is 1.09. The zero-order chi connectivity index (χ0) is 13.1. The lowest BCUT2D eigenvalue weighted by atomic mass is 10.3. The van der Waals surface area contributed by atoms with E-state index >= 15 is 0 Å². The van der Waals surface area contributed by atoms with Crippen LogP contribution in [0.4, 0.5) is 8.78 Å². The molecule has 0 aromatic heterocycles. The molecule has 0 saturated heterocycles. The molecule has 0 spiro atoms. The largest absolute Gasteiger partial charge is 0.199 e. The molecule has 0 amide bonds. The van der Waals surface area contributed by atoms with Crippen LogP contribution in [0.5, 0.6) is 0 Å². The van der Waals surface area contributed by atoms with Crippen LogP contribution in [0.15, 0.2) is 45.5 Å². The summed E-state index contributed by atoms with van der Waals surface area (Å²) in [5.41, 5.74) is 2.11. The van der Waals surface area contributed by atoms with Gasteiger partial charge in [0.05, 0.1) is 0 Å². The molecule has 0 aromatic rings. The molecule has 0 N–H and O–H groups in total. The van der Waals surface area contributed by atoms with Gasteiger partial charge in [0.2, 0.25) is 0 Å². The van der Waals surface area contributed by atoms with Crippen LogP contribution in [0.25, 0.3) is 0 Å². The average molecular weight is 314 g/mol. The molecule has 0 bridgehead atoms. The van der Waals surface area contributed by atoms with E-state index in [9.17, 15) is 8.78 Å². The molecule has 0 aliphatic carbocycles. The first-order valence-electron chi connectivity index (χ1n) is 4.58. The van der Waals surface area contributed by atoms with E-state index in [4.69, 9.17) is 11.6 Å². The van der Waals surface area contributed by atoms with E-state index in [0.717, 1.165) is 11.1 Å². The van der Waals surface area contributed by atoms with Gasteiger partial charge in [-0.2, -0.15) is 8.78 Å². The van der Waals surface area contributed by atoms with Crippen LogP contribution < -0.4 is 0 Å². The smallest absolute Gasteiger partial charge is 0.189 e. The summed E-state index contributed by atoms with van der Waals surface area (Å²) in [7, 11) is 0. The van der Waals surface area contributed by atoms with Crippen molar-refractivity contribution in [1.82, 2.24) is 0 Å². The SMILES string of the molecule is CC(C)=C/C=C(/F)Br.CC(C)=C/C=C(\F)Cl. The molecule has 0 heterocycles. The number of halogens is 4. The second-order valence-corrected chi connectivity index (χ2v) is 4.52. The standard InChI is InChI=1S/C6H8BrF.C6H8ClF/c2*1-5(2)3-4-6(7)8/h2*3-4H,1-2H3/b6-4+;6-4-. The van der Waals surface area contributed by atoms with Crippen LogP contribution in [-0.4, -0.2) is 0 Å². The second kappa shape index (κ2) is 11.1. The van der Waals surface area contributed by atoms with Gasteiger partial charge in [0.25, 0.3) is 0 Å². The van der Waals surface area contributed by atoms with Crippen LogP contribution in [-0.2, 0) is 0 Å². The molecule has 92 valence electrons. The Morgan fingerprint density at radius 3 is 1.38 bits per heavy atom. The van der Waals surface area contributed by atoms with Gasteiger partial charge in [-0.15, -0.1) is 0 Å². The average Bonchev–Trinajstić information content (AvgIpc) is 2.12. The van der Waals surface area contributed by atoms with Gasteiger partial charge in [-0.3, -0.25) is 0 Å². The van der Waals surface area contributed by atoms with Crippen molar-refractivity contribution in [1.29, 1.82) is 0 Å². The Bertz CT molecular complexity index is 235. The number of rotatable bonds is 2. The van der Waals surface area contributed by atoms with Crippen LogP contribution >= 0.6 is 27.5 Å². The molecule has 4 heteroatoms. The molecular weight excluding hydrogens is 297 g/mol. The molecule has 0 aliphatic heterocycles. The first-order chi connectivity index (χ1) is 7.25. The van der Waals surface area contributed by atoms with Crippen LogP contribution in [0, 0.1) is 0 Å². The summed E-state index contributed by atoms with van der Waals surface area (Å²) >= 11 is 7.52. The third kappa shape index (κ3) is 23.4. The molecule has 0 fully saturated rings. The molecule has 0 nitrogen and oxygen atoms in total. The van der Waals surface area contributed by atoms with E-state index < -0.39 is 5.29 Å². The summed E-state index contributed by atoms with van der Waals surface area (Å²) in [6.45, 7) is 7.56. The lowest BCUT2D eigenvalue weighted by molar-refractivity contribution is 0.695. The summed E-state index contributed by atoms with van der Waals surface area (Å²) in [6.07, 6.45) is 5.90. The van der Waals surface area contributed by atoms with Crippen molar-refractivity contribution in [2.45, 2.75) is 27.7 Å². The highest BCUT2D eigenvalue weighted by atomic mass is 79.9. The predicted octanol–water partition coefficient (Wildman–Crippen LogP) is 6.16. The molecule has 0 aromatic carbocycles. The maximum Gasteiger partial charge on any atom is 0.189 e. The van der Waals surface area contributed by atoms with E-state index in [0.29, 0.717) is 0 Å². The summed E-state index contributed by atoms with van der Waals surface area (Å²) < 4.78 is 23.1. The monoisotopic (exact) mass is 312 g/mol. The van der Waals surface area contributed by atoms with Crippen molar-refractivity contribution in [3.63, 3.8) is 0 Å². The number of hydrogen-bond acceptors (Lipinski definition) is 0. The summed E-state index contributed by atoms with van der Waals surface area (Å²) in [6, 6.07) is 0. The van der Waals surface area contributed by atoms with E-state index in [2.05, 4.69) is 15.9 Å². The number of hydrogen-bond donors (Lipinski definition) is 0. The van der Waals surface area contributed by atoms with Crippen molar-refractivity contribution in [2.75, 3.05) is 0 Å². The highest BCUT2D eigenvalue weighted by Gasteiger charge is 1.79. The van der Waals surface area contributed by atoms with Gasteiger partial charge in [0.15, 0.2) is 10.0 Å². The minimum absolute atomic E-state index is 0.335. The first-order valence-corrected chi connectivity index (χ1v) is 5.75. The van der Waals surface area contributed by atoms with Crippen LogP contribution in [0.2, 0.25) is 0 Å². The Kier molecular flexibility index (Phi) is 12.5. The fourth-order valence-electron chi connectivity index (χ4n) is 0.459. The summed E-state index contributed by atoms with van der Waals surface area (Å²) in [5.74, 6) is 0. The zero-order valence-electron chi connectivity index (χ0n) is 9.82. The minimum Gasteiger partial charge on any atom is -0.199 e. The maximum absolute atomic E-state index is 11.8. The Labute approximate surface area is 110 Å². The van der Waals surface area contributed by atoms with Gasteiger partial charge in [-0.1, -0.05) is 34.9 Å². The van der Waals surface area contributed by atoms with Crippen molar-refractivity contribution < 1.29 is 8.78 Å². The highest BCUT2D eigenvalue weighted by Crippen LogP contribution is 2.05. The molecule has 0 radical (unpaired) electrons. The molecule has 0 atom stereocenters. The fourth-order valence-corrected chi connectivity index (χ4v) is 0.654. The van der Waals surface area contributed by atoms with Gasteiger partial charge in [0, 0.05) is 0 Å². The second-order valence-electron chi connectivity index (χ2n) is 3.40. The van der Waals surface area contributed by atoms with Crippen molar-refractivity contribution in [3.8, 4) is 0 Å². The van der Waals surface area contributed by atoms with Gasteiger partial charge in [-0.05, 0) is 55.8 Å². The quantitative estimate of drug-likeness (QED) is 0.535. The lowest BCUT2D eigenvalue weighted by Crippen LogP contribution is -1.59. The summed E-state index contributed by atoms with van der Waals surface area (Å²) in [5, 5.41) is -0.675. The maximum atomic E-state index is 11.8. The van der Waals surface area contributed by atoms with E-state index in [1.807, 2.05) is 27.7 Å². The van der Waals surface area contributed by atoms with Gasteiger partial charge in [-0.25, -0.2) is 0 Å².